The smallest absolute Gasteiger partial charge is 0.254 e. The summed E-state index contributed by atoms with van der Waals surface area (Å²) in [4.78, 5) is 23.3. The zero-order valence-electron chi connectivity index (χ0n) is 10.3. The maximum atomic E-state index is 13.5. The number of hydrogen-bond donors (Lipinski definition) is 1. The summed E-state index contributed by atoms with van der Waals surface area (Å²) in [5, 5.41) is 2.36. The van der Waals surface area contributed by atoms with Crippen molar-refractivity contribution < 1.29 is 18.4 Å². The molecule has 0 aliphatic rings. The molecule has 4 nitrogen and oxygen atoms in total. The summed E-state index contributed by atoms with van der Waals surface area (Å²) in [6, 6.07) is 7.36. The van der Waals surface area contributed by atoms with E-state index in [2.05, 4.69) is 5.32 Å². The second-order valence-corrected chi connectivity index (χ2v) is 4.07. The summed E-state index contributed by atoms with van der Waals surface area (Å²) in [5.41, 5.74) is 0.638. The zero-order valence-corrected chi connectivity index (χ0v) is 10.3. The monoisotopic (exact) mass is 261 g/mol. The highest BCUT2D eigenvalue weighted by Crippen LogP contribution is 2.09. The van der Waals surface area contributed by atoms with Crippen molar-refractivity contribution in [3.63, 3.8) is 0 Å². The van der Waals surface area contributed by atoms with Crippen LogP contribution in [0.15, 0.2) is 41.0 Å². The molecule has 0 aliphatic carbocycles. The van der Waals surface area contributed by atoms with Gasteiger partial charge in [0, 0.05) is 0 Å². The number of ketones is 1. The highest BCUT2D eigenvalue weighted by molar-refractivity contribution is 6.00. The molecule has 2 aromatic rings. The number of rotatable bonds is 4. The topological polar surface area (TPSA) is 59.3 Å². The predicted octanol–water partition coefficient (Wildman–Crippen LogP) is 2.34. The summed E-state index contributed by atoms with van der Waals surface area (Å²) >= 11 is 0. The van der Waals surface area contributed by atoms with E-state index in [0.717, 1.165) is 5.56 Å². The molecule has 0 saturated carbocycles. The molecule has 0 radical (unpaired) electrons. The summed E-state index contributed by atoms with van der Waals surface area (Å²) in [6.07, 6.45) is 1.37. The van der Waals surface area contributed by atoms with Gasteiger partial charge in [-0.15, -0.1) is 0 Å². The number of hydrogen-bond acceptors (Lipinski definition) is 3. The van der Waals surface area contributed by atoms with Crippen LogP contribution in [0, 0.1) is 12.7 Å². The van der Waals surface area contributed by atoms with Gasteiger partial charge in [-0.1, -0.05) is 6.07 Å². The standard InChI is InChI=1S/C14H12FNO3/c1-9-4-5-10(11(15)7-9)14(18)16-8-12(17)13-3-2-6-19-13/h2-7H,8H2,1H3,(H,16,18). The number of Topliss-reactive ketones (excluding diaryl/α,β-unsaturated/α-hetero) is 1. The van der Waals surface area contributed by atoms with E-state index in [1.807, 2.05) is 0 Å². The van der Waals surface area contributed by atoms with Crippen molar-refractivity contribution in [3.8, 4) is 0 Å². The quantitative estimate of drug-likeness (QED) is 0.859. The number of furan rings is 1. The lowest BCUT2D eigenvalue weighted by Gasteiger charge is -2.05. The van der Waals surface area contributed by atoms with E-state index in [0.29, 0.717) is 0 Å². The Morgan fingerprint density at radius 1 is 1.32 bits per heavy atom. The van der Waals surface area contributed by atoms with Gasteiger partial charge in [-0.05, 0) is 36.8 Å². The van der Waals surface area contributed by atoms with Crippen LogP contribution >= 0.6 is 0 Å². The van der Waals surface area contributed by atoms with Crippen molar-refractivity contribution in [1.82, 2.24) is 5.32 Å². The molecule has 2 rings (SSSR count). The summed E-state index contributed by atoms with van der Waals surface area (Å²) < 4.78 is 18.4. The van der Waals surface area contributed by atoms with Crippen molar-refractivity contribution >= 4 is 11.7 Å². The van der Waals surface area contributed by atoms with Crippen LogP contribution < -0.4 is 5.32 Å². The first-order valence-corrected chi connectivity index (χ1v) is 5.69. The number of benzene rings is 1. The Kier molecular flexibility index (Phi) is 3.75. The Morgan fingerprint density at radius 2 is 2.11 bits per heavy atom. The summed E-state index contributed by atoms with van der Waals surface area (Å²) in [5.74, 6) is -1.45. The van der Waals surface area contributed by atoms with Crippen molar-refractivity contribution in [2.45, 2.75) is 6.92 Å². The van der Waals surface area contributed by atoms with E-state index >= 15 is 0 Å². The first-order valence-electron chi connectivity index (χ1n) is 5.69. The van der Waals surface area contributed by atoms with Crippen molar-refractivity contribution in [2.75, 3.05) is 6.54 Å². The van der Waals surface area contributed by atoms with E-state index in [-0.39, 0.29) is 23.7 Å². The van der Waals surface area contributed by atoms with E-state index in [1.165, 1.54) is 24.5 Å². The Morgan fingerprint density at radius 3 is 2.74 bits per heavy atom. The molecule has 0 saturated heterocycles. The number of amides is 1. The van der Waals surface area contributed by atoms with Crippen LogP contribution in [-0.2, 0) is 0 Å². The van der Waals surface area contributed by atoms with Crippen LogP contribution in [0.2, 0.25) is 0 Å². The molecule has 1 heterocycles. The third-order valence-electron chi connectivity index (χ3n) is 2.57. The first kappa shape index (κ1) is 13.0. The Labute approximate surface area is 109 Å². The van der Waals surface area contributed by atoms with Gasteiger partial charge >= 0.3 is 0 Å². The summed E-state index contributed by atoms with van der Waals surface area (Å²) in [6.45, 7) is 1.49. The Bertz CT molecular complexity index is 605. The van der Waals surface area contributed by atoms with E-state index in [9.17, 15) is 14.0 Å². The predicted molar refractivity (Wildman–Crippen MR) is 66.5 cm³/mol. The Hall–Kier alpha value is -2.43. The zero-order chi connectivity index (χ0) is 13.8. The van der Waals surface area contributed by atoms with E-state index in [1.54, 1.807) is 19.1 Å². The van der Waals surface area contributed by atoms with Crippen LogP contribution in [0.25, 0.3) is 0 Å². The highest BCUT2D eigenvalue weighted by atomic mass is 19.1. The summed E-state index contributed by atoms with van der Waals surface area (Å²) in [7, 11) is 0. The second kappa shape index (κ2) is 5.48. The van der Waals surface area contributed by atoms with Gasteiger partial charge in [-0.3, -0.25) is 9.59 Å². The van der Waals surface area contributed by atoms with Crippen LogP contribution in [-0.4, -0.2) is 18.2 Å². The highest BCUT2D eigenvalue weighted by Gasteiger charge is 2.14. The molecule has 0 aliphatic heterocycles. The Balaban J connectivity index is 2.00. The average Bonchev–Trinajstić information content (AvgIpc) is 2.89. The fourth-order valence-corrected chi connectivity index (χ4v) is 1.58. The third-order valence-corrected chi connectivity index (χ3v) is 2.57. The number of aryl methyl sites for hydroxylation is 1. The minimum absolute atomic E-state index is 0.0853. The molecule has 1 aromatic carbocycles. The van der Waals surface area contributed by atoms with Crippen LogP contribution in [0.5, 0.6) is 0 Å². The molecular formula is C14H12FNO3. The fraction of sp³-hybridized carbons (Fsp3) is 0.143. The van der Waals surface area contributed by atoms with Gasteiger partial charge in [0.1, 0.15) is 5.82 Å². The average molecular weight is 261 g/mol. The lowest BCUT2D eigenvalue weighted by atomic mass is 10.1. The van der Waals surface area contributed by atoms with Gasteiger partial charge in [0.2, 0.25) is 5.78 Å². The molecular weight excluding hydrogens is 249 g/mol. The second-order valence-electron chi connectivity index (χ2n) is 4.07. The van der Waals surface area contributed by atoms with Gasteiger partial charge in [0.15, 0.2) is 5.76 Å². The van der Waals surface area contributed by atoms with E-state index < -0.39 is 11.7 Å². The molecule has 0 fully saturated rings. The van der Waals surface area contributed by atoms with Crippen molar-refractivity contribution in [1.29, 1.82) is 0 Å². The van der Waals surface area contributed by atoms with Crippen LogP contribution in [0.3, 0.4) is 0 Å². The molecule has 98 valence electrons. The third kappa shape index (κ3) is 3.07. The molecule has 19 heavy (non-hydrogen) atoms. The molecule has 0 bridgehead atoms. The maximum Gasteiger partial charge on any atom is 0.254 e. The van der Waals surface area contributed by atoms with Crippen LogP contribution in [0.4, 0.5) is 4.39 Å². The maximum absolute atomic E-state index is 13.5. The first-order chi connectivity index (χ1) is 9.08. The SMILES string of the molecule is Cc1ccc(C(=O)NCC(=O)c2ccco2)c(F)c1. The molecule has 0 unspecified atom stereocenters. The molecule has 1 N–H and O–H groups in total. The van der Waals surface area contributed by atoms with Crippen LogP contribution in [0.1, 0.15) is 26.5 Å². The molecule has 1 amide bonds. The van der Waals surface area contributed by atoms with Gasteiger partial charge in [0.25, 0.3) is 5.91 Å². The van der Waals surface area contributed by atoms with E-state index in [4.69, 9.17) is 4.42 Å². The van der Waals surface area contributed by atoms with Crippen molar-refractivity contribution in [3.05, 3.63) is 59.3 Å². The lowest BCUT2D eigenvalue weighted by molar-refractivity contribution is 0.0890. The molecule has 1 aromatic heterocycles. The number of halogens is 1. The molecule has 5 heteroatoms. The van der Waals surface area contributed by atoms with Crippen molar-refractivity contribution in [2.24, 2.45) is 0 Å². The number of carbonyl (C=O) groups excluding carboxylic acids is 2. The van der Waals surface area contributed by atoms with Gasteiger partial charge in [0.05, 0.1) is 18.4 Å². The molecule has 0 spiro atoms. The lowest BCUT2D eigenvalue weighted by Crippen LogP contribution is -2.30. The van der Waals surface area contributed by atoms with Gasteiger partial charge in [-0.2, -0.15) is 0 Å². The van der Waals surface area contributed by atoms with Gasteiger partial charge < -0.3 is 9.73 Å². The fourth-order valence-electron chi connectivity index (χ4n) is 1.58. The van der Waals surface area contributed by atoms with Gasteiger partial charge in [-0.25, -0.2) is 4.39 Å². The largest absolute Gasteiger partial charge is 0.461 e. The number of nitrogens with one attached hydrogen (secondary N) is 1. The minimum atomic E-state index is -0.627. The minimum Gasteiger partial charge on any atom is -0.461 e. The number of carbonyl (C=O) groups is 2. The normalized spacial score (nSPS) is 10.2. The molecule has 0 atom stereocenters.